The van der Waals surface area contributed by atoms with E-state index in [0.29, 0.717) is 17.0 Å². The van der Waals surface area contributed by atoms with E-state index in [0.717, 1.165) is 53.1 Å². The number of pyridine rings is 1. The molecule has 37 heavy (non-hydrogen) atoms. The van der Waals surface area contributed by atoms with Crippen LogP contribution in [-0.2, 0) is 0 Å². The van der Waals surface area contributed by atoms with E-state index in [4.69, 9.17) is 9.72 Å². The van der Waals surface area contributed by atoms with Crippen molar-refractivity contribution >= 4 is 22.7 Å². The molecule has 0 bridgehead atoms. The first-order chi connectivity index (χ1) is 18.2. The van der Waals surface area contributed by atoms with E-state index >= 15 is 0 Å². The lowest BCUT2D eigenvalue weighted by atomic mass is 9.92. The maximum atomic E-state index is 14.2. The predicted molar refractivity (Wildman–Crippen MR) is 147 cm³/mol. The van der Waals surface area contributed by atoms with Gasteiger partial charge in [0.15, 0.2) is 5.65 Å². The van der Waals surface area contributed by atoms with Gasteiger partial charge in [0.1, 0.15) is 11.6 Å². The molecular weight excluding hydrogens is 462 g/mol. The van der Waals surface area contributed by atoms with Crippen molar-refractivity contribution in [2.75, 3.05) is 12.4 Å². The molecule has 0 saturated heterocycles. The van der Waals surface area contributed by atoms with E-state index in [1.165, 1.54) is 12.0 Å². The van der Waals surface area contributed by atoms with Crippen LogP contribution in [0.2, 0.25) is 0 Å². The SMILES string of the molecule is COc1ccc(-c2c(Nc3ccncc3)nc3c(C4=CCCCC4)c(-c4ccccc4)[nH]n3c2=O)cc1. The van der Waals surface area contributed by atoms with E-state index in [1.54, 1.807) is 24.0 Å². The number of anilines is 2. The maximum Gasteiger partial charge on any atom is 0.282 e. The molecule has 2 N–H and O–H groups in total. The van der Waals surface area contributed by atoms with Gasteiger partial charge in [0.25, 0.3) is 5.56 Å². The number of methoxy groups -OCH3 is 1. The van der Waals surface area contributed by atoms with Gasteiger partial charge in [-0.05, 0) is 61.1 Å². The Kier molecular flexibility index (Phi) is 6.02. The van der Waals surface area contributed by atoms with Crippen LogP contribution in [0, 0.1) is 0 Å². The van der Waals surface area contributed by atoms with E-state index < -0.39 is 0 Å². The van der Waals surface area contributed by atoms with Crippen LogP contribution >= 0.6 is 0 Å². The third kappa shape index (κ3) is 4.29. The first-order valence-electron chi connectivity index (χ1n) is 12.5. The van der Waals surface area contributed by atoms with Gasteiger partial charge in [-0.1, -0.05) is 48.5 Å². The van der Waals surface area contributed by atoms with Crippen molar-refractivity contribution in [3.63, 3.8) is 0 Å². The van der Waals surface area contributed by atoms with E-state index in [9.17, 15) is 4.79 Å². The zero-order valence-electron chi connectivity index (χ0n) is 20.6. The lowest BCUT2D eigenvalue weighted by Crippen LogP contribution is -2.19. The molecular formula is C30H27N5O2. The third-order valence-electron chi connectivity index (χ3n) is 6.78. The molecule has 1 aliphatic carbocycles. The normalized spacial score (nSPS) is 13.4. The molecule has 7 nitrogen and oxygen atoms in total. The largest absolute Gasteiger partial charge is 0.497 e. The zero-order valence-corrected chi connectivity index (χ0v) is 20.6. The van der Waals surface area contributed by atoms with Gasteiger partial charge in [-0.2, -0.15) is 4.52 Å². The second kappa shape index (κ2) is 9.78. The molecule has 0 fully saturated rings. The number of nitrogens with zero attached hydrogens (tertiary/aromatic N) is 3. The number of benzene rings is 2. The third-order valence-corrected chi connectivity index (χ3v) is 6.78. The Bertz CT molecular complexity index is 1640. The lowest BCUT2D eigenvalue weighted by Gasteiger charge is -2.15. The molecule has 1 aliphatic rings. The Morgan fingerprint density at radius 3 is 2.41 bits per heavy atom. The van der Waals surface area contributed by atoms with Crippen molar-refractivity contribution in [1.29, 1.82) is 0 Å². The van der Waals surface area contributed by atoms with Crippen LogP contribution < -0.4 is 15.6 Å². The molecule has 184 valence electrons. The molecule has 0 radical (unpaired) electrons. The standard InChI is InChI=1S/C30H27N5O2/c1-37-24-14-12-21(13-15-24)26-28(32-23-16-18-31-19-17-23)33-29-25(20-8-4-2-5-9-20)27(34-35(29)30(26)36)22-10-6-3-7-11-22/h3,6-8,10-19,34H,2,4-5,9H2,1H3,(H,31,32). The van der Waals surface area contributed by atoms with Crippen LogP contribution in [0.25, 0.3) is 33.6 Å². The summed E-state index contributed by atoms with van der Waals surface area (Å²) in [5.41, 5.74) is 6.60. The molecule has 5 aromatic rings. The van der Waals surface area contributed by atoms with Crippen molar-refractivity contribution in [1.82, 2.24) is 19.6 Å². The quantitative estimate of drug-likeness (QED) is 0.286. The van der Waals surface area contributed by atoms with Crippen LogP contribution in [-0.4, -0.2) is 26.7 Å². The Morgan fingerprint density at radius 1 is 0.919 bits per heavy atom. The van der Waals surface area contributed by atoms with Crippen molar-refractivity contribution in [3.05, 3.63) is 101 Å². The van der Waals surface area contributed by atoms with Gasteiger partial charge in [-0.25, -0.2) is 4.98 Å². The minimum atomic E-state index is -0.174. The number of fused-ring (bicyclic) bond motifs is 1. The number of hydrogen-bond donors (Lipinski definition) is 2. The molecule has 3 heterocycles. The molecule has 0 spiro atoms. The highest BCUT2D eigenvalue weighted by atomic mass is 16.5. The van der Waals surface area contributed by atoms with Crippen molar-refractivity contribution in [2.45, 2.75) is 25.7 Å². The van der Waals surface area contributed by atoms with Crippen molar-refractivity contribution in [2.24, 2.45) is 0 Å². The van der Waals surface area contributed by atoms with E-state index in [-0.39, 0.29) is 5.56 Å². The molecule has 6 rings (SSSR count). The minimum Gasteiger partial charge on any atom is -0.497 e. The van der Waals surface area contributed by atoms with Gasteiger partial charge in [0.2, 0.25) is 0 Å². The smallest absolute Gasteiger partial charge is 0.282 e. The first kappa shape index (κ1) is 22.8. The molecule has 0 saturated carbocycles. The average Bonchev–Trinajstić information content (AvgIpc) is 3.35. The summed E-state index contributed by atoms with van der Waals surface area (Å²) >= 11 is 0. The molecule has 0 atom stereocenters. The number of aromatic amines is 1. The highest BCUT2D eigenvalue weighted by molar-refractivity contribution is 5.89. The summed E-state index contributed by atoms with van der Waals surface area (Å²) in [6.07, 6.45) is 9.99. The van der Waals surface area contributed by atoms with Crippen LogP contribution in [0.3, 0.4) is 0 Å². The summed E-state index contributed by atoms with van der Waals surface area (Å²) in [6.45, 7) is 0. The molecule has 3 aromatic heterocycles. The fourth-order valence-electron chi connectivity index (χ4n) is 4.94. The summed E-state index contributed by atoms with van der Waals surface area (Å²) in [4.78, 5) is 23.4. The van der Waals surface area contributed by atoms with Crippen LogP contribution in [0.1, 0.15) is 31.2 Å². The highest BCUT2D eigenvalue weighted by Crippen LogP contribution is 2.37. The van der Waals surface area contributed by atoms with Crippen LogP contribution in [0.4, 0.5) is 11.5 Å². The van der Waals surface area contributed by atoms with Gasteiger partial charge >= 0.3 is 0 Å². The van der Waals surface area contributed by atoms with Gasteiger partial charge < -0.3 is 10.1 Å². The minimum absolute atomic E-state index is 0.174. The summed E-state index contributed by atoms with van der Waals surface area (Å²) in [5, 5.41) is 6.79. The summed E-state index contributed by atoms with van der Waals surface area (Å²) in [7, 11) is 1.62. The topological polar surface area (TPSA) is 84.3 Å². The fourth-order valence-corrected chi connectivity index (χ4v) is 4.94. The number of hydrogen-bond acceptors (Lipinski definition) is 5. The highest BCUT2D eigenvalue weighted by Gasteiger charge is 2.24. The predicted octanol–water partition coefficient (Wildman–Crippen LogP) is 6.46. The number of allylic oxidation sites excluding steroid dienone is 2. The second-order valence-corrected chi connectivity index (χ2v) is 9.09. The second-order valence-electron chi connectivity index (χ2n) is 9.09. The van der Waals surface area contributed by atoms with Gasteiger partial charge in [0.05, 0.1) is 18.4 Å². The Balaban J connectivity index is 1.65. The summed E-state index contributed by atoms with van der Waals surface area (Å²) in [6, 6.07) is 21.3. The fraction of sp³-hybridized carbons (Fsp3) is 0.167. The van der Waals surface area contributed by atoms with Gasteiger partial charge in [0, 0.05) is 29.2 Å². The van der Waals surface area contributed by atoms with Crippen LogP contribution in [0.15, 0.2) is 90.0 Å². The van der Waals surface area contributed by atoms with E-state index in [2.05, 4.69) is 33.6 Å². The van der Waals surface area contributed by atoms with Crippen molar-refractivity contribution < 1.29 is 4.74 Å². The zero-order chi connectivity index (χ0) is 25.2. The summed E-state index contributed by atoms with van der Waals surface area (Å²) in [5.74, 6) is 1.22. The molecule has 0 unspecified atom stereocenters. The molecule has 0 aliphatic heterocycles. The number of rotatable bonds is 6. The number of nitrogens with one attached hydrogen (secondary N) is 2. The Hall–Kier alpha value is -4.65. The lowest BCUT2D eigenvalue weighted by molar-refractivity contribution is 0.415. The van der Waals surface area contributed by atoms with E-state index in [1.807, 2.05) is 54.6 Å². The molecule has 7 heteroatoms. The van der Waals surface area contributed by atoms with Crippen molar-refractivity contribution in [3.8, 4) is 28.1 Å². The number of ether oxygens (including phenoxy) is 1. The van der Waals surface area contributed by atoms with Gasteiger partial charge in [-0.15, -0.1) is 0 Å². The van der Waals surface area contributed by atoms with Crippen LogP contribution in [0.5, 0.6) is 5.75 Å². The maximum absolute atomic E-state index is 14.2. The Labute approximate surface area is 214 Å². The monoisotopic (exact) mass is 489 g/mol. The first-order valence-corrected chi connectivity index (χ1v) is 12.5. The number of H-pyrrole nitrogens is 1. The van der Waals surface area contributed by atoms with Gasteiger partial charge in [-0.3, -0.25) is 14.9 Å². The molecule has 0 amide bonds. The Morgan fingerprint density at radius 2 is 1.70 bits per heavy atom. The summed E-state index contributed by atoms with van der Waals surface area (Å²) < 4.78 is 6.92. The number of aromatic nitrogens is 4. The molecule has 2 aromatic carbocycles. The average molecular weight is 490 g/mol.